The van der Waals surface area contributed by atoms with Gasteiger partial charge < -0.3 is 14.8 Å². The van der Waals surface area contributed by atoms with Crippen LogP contribution in [0.25, 0.3) is 0 Å². The van der Waals surface area contributed by atoms with Gasteiger partial charge in [0.15, 0.2) is 11.5 Å². The van der Waals surface area contributed by atoms with E-state index in [2.05, 4.69) is 5.32 Å². The quantitative estimate of drug-likeness (QED) is 0.828. The minimum atomic E-state index is -3.58. The zero-order chi connectivity index (χ0) is 20.3. The molecule has 2 heterocycles. The lowest BCUT2D eigenvalue weighted by atomic mass is 10.2. The Hall–Kier alpha value is -2.58. The molecular formula is C21H24N2O5S. The highest BCUT2D eigenvalue weighted by Gasteiger charge is 2.28. The van der Waals surface area contributed by atoms with Crippen LogP contribution < -0.4 is 14.8 Å². The molecule has 0 unspecified atom stereocenters. The summed E-state index contributed by atoms with van der Waals surface area (Å²) in [4.78, 5) is 12.8. The first-order valence-electron chi connectivity index (χ1n) is 9.83. The summed E-state index contributed by atoms with van der Waals surface area (Å²) in [7, 11) is -3.58. The number of nitrogens with one attached hydrogen (secondary N) is 1. The Morgan fingerprint density at radius 2 is 1.69 bits per heavy atom. The Kier molecular flexibility index (Phi) is 5.73. The monoisotopic (exact) mass is 416 g/mol. The highest BCUT2D eigenvalue weighted by molar-refractivity contribution is 7.89. The summed E-state index contributed by atoms with van der Waals surface area (Å²) >= 11 is 0. The van der Waals surface area contributed by atoms with Crippen molar-refractivity contribution in [3.05, 3.63) is 48.5 Å². The average molecular weight is 416 g/mol. The Labute approximate surface area is 170 Å². The van der Waals surface area contributed by atoms with Crippen molar-refractivity contribution < 1.29 is 22.7 Å². The molecule has 0 aliphatic carbocycles. The number of amides is 1. The fourth-order valence-electron chi connectivity index (χ4n) is 3.54. The SMILES string of the molecule is O=C(Nc1cccc(S(=O)(=O)N2CCCCCC2)c1)[C@@H]1COc2ccccc2O1. The molecule has 29 heavy (non-hydrogen) atoms. The molecule has 2 aromatic carbocycles. The van der Waals surface area contributed by atoms with Gasteiger partial charge in [0.2, 0.25) is 16.1 Å². The van der Waals surface area contributed by atoms with Gasteiger partial charge in [-0.25, -0.2) is 8.42 Å². The van der Waals surface area contributed by atoms with Crippen LogP contribution in [0.2, 0.25) is 0 Å². The Morgan fingerprint density at radius 1 is 0.966 bits per heavy atom. The van der Waals surface area contributed by atoms with Crippen molar-refractivity contribution in [2.45, 2.75) is 36.7 Å². The standard InChI is InChI=1S/C21H24N2O5S/c24-21(20-15-27-18-10-3-4-11-19(18)28-20)22-16-8-7-9-17(14-16)29(25,26)23-12-5-1-2-6-13-23/h3-4,7-11,14,20H,1-2,5-6,12-13,15H2,(H,22,24)/t20-/m0/s1. The van der Waals surface area contributed by atoms with Crippen LogP contribution in [-0.4, -0.2) is 44.4 Å². The lowest BCUT2D eigenvalue weighted by Crippen LogP contribution is -2.40. The fraction of sp³-hybridized carbons (Fsp3) is 0.381. The number of anilines is 1. The fourth-order valence-corrected chi connectivity index (χ4v) is 5.10. The van der Waals surface area contributed by atoms with Gasteiger partial charge in [0.05, 0.1) is 4.90 Å². The third kappa shape index (κ3) is 4.38. The minimum Gasteiger partial charge on any atom is -0.485 e. The molecule has 1 amide bonds. The number of rotatable bonds is 4. The number of sulfonamides is 1. The second-order valence-electron chi connectivity index (χ2n) is 7.20. The predicted octanol–water partition coefficient (Wildman–Crippen LogP) is 3.03. The van der Waals surface area contributed by atoms with Gasteiger partial charge in [-0.3, -0.25) is 4.79 Å². The Balaban J connectivity index is 1.47. The molecule has 7 nitrogen and oxygen atoms in total. The summed E-state index contributed by atoms with van der Waals surface area (Å²) in [5.41, 5.74) is 0.411. The van der Waals surface area contributed by atoms with Gasteiger partial charge in [0, 0.05) is 18.8 Å². The van der Waals surface area contributed by atoms with Gasteiger partial charge in [0.25, 0.3) is 5.91 Å². The van der Waals surface area contributed by atoms with E-state index in [1.807, 2.05) is 6.07 Å². The third-order valence-electron chi connectivity index (χ3n) is 5.11. The van der Waals surface area contributed by atoms with E-state index in [-0.39, 0.29) is 17.4 Å². The first-order valence-corrected chi connectivity index (χ1v) is 11.3. The summed E-state index contributed by atoms with van der Waals surface area (Å²) in [6.45, 7) is 1.16. The number of para-hydroxylation sites is 2. The van der Waals surface area contributed by atoms with E-state index in [1.54, 1.807) is 36.4 Å². The molecular weight excluding hydrogens is 392 g/mol. The van der Waals surface area contributed by atoms with E-state index in [0.29, 0.717) is 30.3 Å². The molecule has 1 atom stereocenters. The highest BCUT2D eigenvalue weighted by Crippen LogP contribution is 2.31. The van der Waals surface area contributed by atoms with Gasteiger partial charge in [-0.1, -0.05) is 31.0 Å². The summed E-state index contributed by atoms with van der Waals surface area (Å²) in [6.07, 6.45) is 3.03. The number of ether oxygens (including phenoxy) is 2. The van der Waals surface area contributed by atoms with Crippen molar-refractivity contribution in [1.82, 2.24) is 4.31 Å². The van der Waals surface area contributed by atoms with E-state index in [0.717, 1.165) is 25.7 Å². The number of benzene rings is 2. The molecule has 2 aliphatic heterocycles. The summed E-state index contributed by atoms with van der Waals surface area (Å²) in [6, 6.07) is 13.5. The van der Waals surface area contributed by atoms with Crippen LogP contribution in [0.3, 0.4) is 0 Å². The summed E-state index contributed by atoms with van der Waals surface area (Å²) in [5.74, 6) is 0.724. The van der Waals surface area contributed by atoms with Crippen LogP contribution in [0, 0.1) is 0 Å². The van der Waals surface area contributed by atoms with Gasteiger partial charge in [-0.15, -0.1) is 0 Å². The van der Waals surface area contributed by atoms with Gasteiger partial charge in [-0.05, 0) is 43.2 Å². The lowest BCUT2D eigenvalue weighted by Gasteiger charge is -2.25. The van der Waals surface area contributed by atoms with Crippen LogP contribution in [0.4, 0.5) is 5.69 Å². The molecule has 0 bridgehead atoms. The maximum absolute atomic E-state index is 13.0. The van der Waals surface area contributed by atoms with E-state index < -0.39 is 16.1 Å². The molecule has 0 aromatic heterocycles. The van der Waals surface area contributed by atoms with Crippen molar-refractivity contribution in [3.8, 4) is 11.5 Å². The molecule has 1 N–H and O–H groups in total. The van der Waals surface area contributed by atoms with Crippen molar-refractivity contribution >= 4 is 21.6 Å². The zero-order valence-corrected chi connectivity index (χ0v) is 16.9. The molecule has 1 fully saturated rings. The van der Waals surface area contributed by atoms with Crippen molar-refractivity contribution in [3.63, 3.8) is 0 Å². The number of carbonyl (C=O) groups excluding carboxylic acids is 1. The first-order chi connectivity index (χ1) is 14.0. The van der Waals surface area contributed by atoms with Crippen molar-refractivity contribution in [2.75, 3.05) is 25.0 Å². The topological polar surface area (TPSA) is 84.9 Å². The van der Waals surface area contributed by atoms with E-state index in [4.69, 9.17) is 9.47 Å². The van der Waals surface area contributed by atoms with Crippen LogP contribution in [-0.2, 0) is 14.8 Å². The summed E-state index contributed by atoms with van der Waals surface area (Å²) in [5, 5.41) is 2.74. The number of fused-ring (bicyclic) bond motifs is 1. The second-order valence-corrected chi connectivity index (χ2v) is 9.14. The molecule has 1 saturated heterocycles. The largest absolute Gasteiger partial charge is 0.485 e. The molecule has 4 rings (SSSR count). The van der Waals surface area contributed by atoms with Gasteiger partial charge >= 0.3 is 0 Å². The number of nitrogens with zero attached hydrogens (tertiary/aromatic N) is 1. The third-order valence-corrected chi connectivity index (χ3v) is 7.00. The van der Waals surface area contributed by atoms with E-state index >= 15 is 0 Å². The van der Waals surface area contributed by atoms with Crippen LogP contribution >= 0.6 is 0 Å². The predicted molar refractivity (Wildman–Crippen MR) is 109 cm³/mol. The molecule has 0 spiro atoms. The number of hydrogen-bond donors (Lipinski definition) is 1. The first kappa shape index (κ1) is 19.7. The summed E-state index contributed by atoms with van der Waals surface area (Å²) < 4.78 is 38.8. The van der Waals surface area contributed by atoms with Crippen molar-refractivity contribution in [2.24, 2.45) is 0 Å². The Morgan fingerprint density at radius 3 is 2.45 bits per heavy atom. The molecule has 2 aromatic rings. The normalized spacial score (nSPS) is 19.9. The molecule has 8 heteroatoms. The zero-order valence-electron chi connectivity index (χ0n) is 16.0. The van der Waals surface area contributed by atoms with Gasteiger partial charge in [-0.2, -0.15) is 4.31 Å². The Bertz CT molecular complexity index is 984. The second kappa shape index (κ2) is 8.42. The molecule has 0 saturated carbocycles. The number of carbonyl (C=O) groups is 1. The lowest BCUT2D eigenvalue weighted by molar-refractivity contribution is -0.125. The van der Waals surface area contributed by atoms with E-state index in [1.165, 1.54) is 10.4 Å². The molecule has 154 valence electrons. The van der Waals surface area contributed by atoms with Gasteiger partial charge in [0.1, 0.15) is 6.61 Å². The van der Waals surface area contributed by atoms with E-state index in [9.17, 15) is 13.2 Å². The molecule has 2 aliphatic rings. The average Bonchev–Trinajstić information content (AvgIpc) is 3.04. The molecule has 0 radical (unpaired) electrons. The maximum Gasteiger partial charge on any atom is 0.269 e. The number of hydrogen-bond acceptors (Lipinski definition) is 5. The van der Waals surface area contributed by atoms with Crippen molar-refractivity contribution in [1.29, 1.82) is 0 Å². The van der Waals surface area contributed by atoms with Crippen LogP contribution in [0.1, 0.15) is 25.7 Å². The van der Waals surface area contributed by atoms with Crippen LogP contribution in [0.15, 0.2) is 53.4 Å². The highest BCUT2D eigenvalue weighted by atomic mass is 32.2. The smallest absolute Gasteiger partial charge is 0.269 e. The van der Waals surface area contributed by atoms with Crippen LogP contribution in [0.5, 0.6) is 11.5 Å². The minimum absolute atomic E-state index is 0.0919. The maximum atomic E-state index is 13.0.